The zero-order valence-corrected chi connectivity index (χ0v) is 12.7. The maximum Gasteiger partial charge on any atom is 0.233 e. The van der Waals surface area contributed by atoms with E-state index in [9.17, 15) is 0 Å². The summed E-state index contributed by atoms with van der Waals surface area (Å²) < 4.78 is 11.1. The van der Waals surface area contributed by atoms with Crippen molar-refractivity contribution in [2.75, 3.05) is 18.9 Å². The number of aromatic nitrogens is 4. The van der Waals surface area contributed by atoms with Gasteiger partial charge in [-0.15, -0.1) is 0 Å². The van der Waals surface area contributed by atoms with Crippen LogP contribution in [0.25, 0.3) is 22.6 Å². The molecule has 0 amide bonds. The van der Waals surface area contributed by atoms with E-state index in [0.29, 0.717) is 36.4 Å². The molecule has 0 bridgehead atoms. The normalized spacial score (nSPS) is 17.7. The van der Waals surface area contributed by atoms with Gasteiger partial charge in [0.15, 0.2) is 17.3 Å². The molecule has 3 N–H and O–H groups in total. The summed E-state index contributed by atoms with van der Waals surface area (Å²) in [5, 5.41) is 0. The van der Waals surface area contributed by atoms with Crippen molar-refractivity contribution in [1.29, 1.82) is 0 Å². The molecule has 1 aliphatic heterocycles. The first-order chi connectivity index (χ1) is 11.2. The molecular weight excluding hydrogens is 294 g/mol. The number of hydrogen-bond donors (Lipinski definition) is 2. The molecule has 1 unspecified atom stereocenters. The van der Waals surface area contributed by atoms with Crippen LogP contribution in [0.2, 0.25) is 0 Å². The second kappa shape index (κ2) is 5.51. The van der Waals surface area contributed by atoms with E-state index >= 15 is 0 Å². The molecule has 118 valence electrons. The molecule has 0 saturated carbocycles. The number of H-pyrrole nitrogens is 1. The zero-order valence-electron chi connectivity index (χ0n) is 12.7. The van der Waals surface area contributed by atoms with E-state index in [0.717, 1.165) is 23.0 Å². The Hall–Kier alpha value is -2.67. The van der Waals surface area contributed by atoms with Crippen LogP contribution in [0.15, 0.2) is 24.4 Å². The highest BCUT2D eigenvalue weighted by Crippen LogP contribution is 2.25. The average molecular weight is 311 g/mol. The summed E-state index contributed by atoms with van der Waals surface area (Å²) in [5.41, 5.74) is 9.43. The third-order valence-electron chi connectivity index (χ3n) is 3.82. The molecule has 0 radical (unpaired) electrons. The highest BCUT2D eigenvalue weighted by molar-refractivity contribution is 5.81. The van der Waals surface area contributed by atoms with Gasteiger partial charge in [0.1, 0.15) is 6.10 Å². The summed E-state index contributed by atoms with van der Waals surface area (Å²) in [6, 6.07) is 6.01. The molecule has 1 aliphatic rings. The number of ether oxygens (including phenoxy) is 2. The summed E-state index contributed by atoms with van der Waals surface area (Å²) >= 11 is 0. The lowest BCUT2D eigenvalue weighted by Crippen LogP contribution is -2.17. The van der Waals surface area contributed by atoms with Crippen LogP contribution in [0.4, 0.5) is 5.82 Å². The number of rotatable bonds is 3. The number of nitrogens with zero attached hydrogens (tertiary/aromatic N) is 3. The molecule has 1 aromatic carbocycles. The molecule has 1 saturated heterocycles. The van der Waals surface area contributed by atoms with Crippen LogP contribution >= 0.6 is 0 Å². The average Bonchev–Trinajstić information content (AvgIpc) is 3.18. The van der Waals surface area contributed by atoms with E-state index < -0.39 is 0 Å². The third kappa shape index (κ3) is 2.70. The van der Waals surface area contributed by atoms with E-state index in [1.807, 2.05) is 25.1 Å². The SMILES string of the molecule is Cc1ccc2nc(-c3nc(OC4CCOC4)cnc3N)[nH]c2c1. The molecule has 3 heterocycles. The number of anilines is 1. The largest absolute Gasteiger partial charge is 0.471 e. The van der Waals surface area contributed by atoms with E-state index in [2.05, 4.69) is 19.9 Å². The van der Waals surface area contributed by atoms with Crippen molar-refractivity contribution in [2.45, 2.75) is 19.4 Å². The van der Waals surface area contributed by atoms with Gasteiger partial charge in [-0.25, -0.2) is 15.0 Å². The van der Waals surface area contributed by atoms with Gasteiger partial charge in [0.2, 0.25) is 5.88 Å². The Morgan fingerprint density at radius 2 is 2.26 bits per heavy atom. The van der Waals surface area contributed by atoms with Gasteiger partial charge in [-0.2, -0.15) is 0 Å². The van der Waals surface area contributed by atoms with Crippen molar-refractivity contribution in [2.24, 2.45) is 0 Å². The van der Waals surface area contributed by atoms with Gasteiger partial charge in [-0.05, 0) is 24.6 Å². The van der Waals surface area contributed by atoms with Crippen LogP contribution < -0.4 is 10.5 Å². The lowest BCUT2D eigenvalue weighted by atomic mass is 10.2. The monoisotopic (exact) mass is 311 g/mol. The first-order valence-electron chi connectivity index (χ1n) is 7.53. The molecule has 7 nitrogen and oxygen atoms in total. The van der Waals surface area contributed by atoms with Crippen molar-refractivity contribution in [3.8, 4) is 17.4 Å². The predicted octanol–water partition coefficient (Wildman–Crippen LogP) is 2.08. The smallest absolute Gasteiger partial charge is 0.233 e. The molecule has 3 aromatic rings. The fourth-order valence-electron chi connectivity index (χ4n) is 2.63. The molecule has 7 heteroatoms. The first kappa shape index (κ1) is 14.0. The second-order valence-corrected chi connectivity index (χ2v) is 5.65. The predicted molar refractivity (Wildman–Crippen MR) is 86.1 cm³/mol. The van der Waals surface area contributed by atoms with Crippen LogP contribution in [0.5, 0.6) is 5.88 Å². The number of aryl methyl sites for hydroxylation is 1. The Labute approximate surface area is 132 Å². The molecule has 4 rings (SSSR count). The van der Waals surface area contributed by atoms with E-state index in [-0.39, 0.29) is 6.10 Å². The van der Waals surface area contributed by atoms with Crippen molar-refractivity contribution in [3.05, 3.63) is 30.0 Å². The molecule has 2 aromatic heterocycles. The second-order valence-electron chi connectivity index (χ2n) is 5.65. The van der Waals surface area contributed by atoms with Gasteiger partial charge in [-0.1, -0.05) is 6.07 Å². The molecular formula is C16H17N5O2. The number of fused-ring (bicyclic) bond motifs is 1. The van der Waals surface area contributed by atoms with Gasteiger partial charge < -0.3 is 20.2 Å². The summed E-state index contributed by atoms with van der Waals surface area (Å²) in [6.07, 6.45) is 2.40. The maximum atomic E-state index is 5.97. The lowest BCUT2D eigenvalue weighted by Gasteiger charge is -2.11. The highest BCUT2D eigenvalue weighted by atomic mass is 16.5. The van der Waals surface area contributed by atoms with Crippen LogP contribution in [-0.4, -0.2) is 39.3 Å². The summed E-state index contributed by atoms with van der Waals surface area (Å²) in [7, 11) is 0. The van der Waals surface area contributed by atoms with E-state index in [4.69, 9.17) is 15.2 Å². The Kier molecular flexibility index (Phi) is 3.34. The van der Waals surface area contributed by atoms with E-state index in [1.165, 1.54) is 6.20 Å². The summed E-state index contributed by atoms with van der Waals surface area (Å²) in [5.74, 6) is 1.33. The van der Waals surface area contributed by atoms with Crippen LogP contribution in [-0.2, 0) is 4.74 Å². The number of nitrogen functional groups attached to an aromatic ring is 1. The highest BCUT2D eigenvalue weighted by Gasteiger charge is 2.19. The lowest BCUT2D eigenvalue weighted by molar-refractivity contribution is 0.138. The fraction of sp³-hybridized carbons (Fsp3) is 0.312. The Morgan fingerprint density at radius 3 is 3.09 bits per heavy atom. The van der Waals surface area contributed by atoms with Crippen molar-refractivity contribution < 1.29 is 9.47 Å². The van der Waals surface area contributed by atoms with Gasteiger partial charge in [0, 0.05) is 6.42 Å². The Morgan fingerprint density at radius 1 is 1.35 bits per heavy atom. The van der Waals surface area contributed by atoms with Crippen LogP contribution in [0, 0.1) is 6.92 Å². The molecule has 0 spiro atoms. The van der Waals surface area contributed by atoms with E-state index in [1.54, 1.807) is 0 Å². The zero-order chi connectivity index (χ0) is 15.8. The Bertz CT molecular complexity index is 855. The first-order valence-corrected chi connectivity index (χ1v) is 7.53. The van der Waals surface area contributed by atoms with Crippen LogP contribution in [0.1, 0.15) is 12.0 Å². The number of benzene rings is 1. The quantitative estimate of drug-likeness (QED) is 0.768. The molecule has 0 aliphatic carbocycles. The van der Waals surface area contributed by atoms with Gasteiger partial charge in [0.05, 0.1) is 30.4 Å². The standard InChI is InChI=1S/C16H17N5O2/c1-9-2-3-11-12(6-9)20-16(19-11)14-15(17)18-7-13(21-14)23-10-4-5-22-8-10/h2-3,6-7,10H,4-5,8H2,1H3,(H2,17,18)(H,19,20). The van der Waals surface area contributed by atoms with Crippen LogP contribution in [0.3, 0.4) is 0 Å². The third-order valence-corrected chi connectivity index (χ3v) is 3.82. The van der Waals surface area contributed by atoms with Gasteiger partial charge >= 0.3 is 0 Å². The minimum Gasteiger partial charge on any atom is -0.471 e. The number of imidazole rings is 1. The summed E-state index contributed by atoms with van der Waals surface area (Å²) in [6.45, 7) is 3.32. The number of nitrogens with one attached hydrogen (secondary N) is 1. The number of hydrogen-bond acceptors (Lipinski definition) is 6. The van der Waals surface area contributed by atoms with Crippen molar-refractivity contribution >= 4 is 16.9 Å². The van der Waals surface area contributed by atoms with Crippen molar-refractivity contribution in [1.82, 2.24) is 19.9 Å². The molecule has 23 heavy (non-hydrogen) atoms. The minimum atomic E-state index is 0.0131. The molecule has 1 fully saturated rings. The topological polar surface area (TPSA) is 98.9 Å². The molecule has 1 atom stereocenters. The van der Waals surface area contributed by atoms with Crippen molar-refractivity contribution in [3.63, 3.8) is 0 Å². The maximum absolute atomic E-state index is 5.97. The van der Waals surface area contributed by atoms with Gasteiger partial charge in [-0.3, -0.25) is 0 Å². The minimum absolute atomic E-state index is 0.0131. The fourth-order valence-corrected chi connectivity index (χ4v) is 2.63. The number of nitrogens with two attached hydrogens (primary N) is 1. The number of aromatic amines is 1. The Balaban J connectivity index is 1.70. The summed E-state index contributed by atoms with van der Waals surface area (Å²) in [4.78, 5) is 16.4. The van der Waals surface area contributed by atoms with Gasteiger partial charge in [0.25, 0.3) is 0 Å².